The van der Waals surface area contributed by atoms with Gasteiger partial charge in [-0.1, -0.05) is 6.92 Å². The first kappa shape index (κ1) is 12.7. The number of rotatable bonds is 7. The van der Waals surface area contributed by atoms with Crippen molar-refractivity contribution in [2.75, 3.05) is 13.2 Å². The smallest absolute Gasteiger partial charge is 0.0610 e. The molecule has 0 amide bonds. The van der Waals surface area contributed by atoms with Gasteiger partial charge in [-0.25, -0.2) is 0 Å². The fraction of sp³-hybridized carbons (Fsp3) is 0.667. The zero-order valence-corrected chi connectivity index (χ0v) is 10.3. The van der Waals surface area contributed by atoms with Gasteiger partial charge in [0.25, 0.3) is 0 Å². The summed E-state index contributed by atoms with van der Waals surface area (Å²) in [5.41, 5.74) is 0. The standard InChI is InChI=1S/C12H20O2S/c1-3-11-5-6-12(15-11)9-10(13)7-8-14-4-2/h5-6,10,13H,3-4,7-9H2,1-2H3. The zero-order valence-electron chi connectivity index (χ0n) is 9.53. The molecule has 2 nitrogen and oxygen atoms in total. The normalized spacial score (nSPS) is 13.0. The van der Waals surface area contributed by atoms with E-state index < -0.39 is 0 Å². The highest BCUT2D eigenvalue weighted by atomic mass is 32.1. The highest BCUT2D eigenvalue weighted by Crippen LogP contribution is 2.19. The van der Waals surface area contributed by atoms with Crippen LogP contribution in [0.2, 0.25) is 0 Å². The van der Waals surface area contributed by atoms with Crippen molar-refractivity contribution in [3.05, 3.63) is 21.9 Å². The molecule has 0 saturated heterocycles. The monoisotopic (exact) mass is 228 g/mol. The topological polar surface area (TPSA) is 29.5 Å². The van der Waals surface area contributed by atoms with E-state index in [2.05, 4.69) is 19.1 Å². The van der Waals surface area contributed by atoms with Crippen LogP contribution in [0.4, 0.5) is 0 Å². The van der Waals surface area contributed by atoms with Crippen LogP contribution in [0.15, 0.2) is 12.1 Å². The van der Waals surface area contributed by atoms with E-state index >= 15 is 0 Å². The summed E-state index contributed by atoms with van der Waals surface area (Å²) in [4.78, 5) is 2.66. The van der Waals surface area contributed by atoms with E-state index in [4.69, 9.17) is 4.74 Å². The lowest BCUT2D eigenvalue weighted by molar-refractivity contribution is 0.0891. The fourth-order valence-electron chi connectivity index (χ4n) is 1.42. The summed E-state index contributed by atoms with van der Waals surface area (Å²) >= 11 is 1.80. The first-order valence-corrected chi connectivity index (χ1v) is 6.41. The number of hydrogen-bond donors (Lipinski definition) is 1. The van der Waals surface area contributed by atoms with Crippen LogP contribution in [0.5, 0.6) is 0 Å². The predicted molar refractivity (Wildman–Crippen MR) is 64.5 cm³/mol. The van der Waals surface area contributed by atoms with Gasteiger partial charge in [0.2, 0.25) is 0 Å². The van der Waals surface area contributed by atoms with Crippen molar-refractivity contribution in [2.24, 2.45) is 0 Å². The molecule has 1 N–H and O–H groups in total. The minimum atomic E-state index is -0.264. The summed E-state index contributed by atoms with van der Waals surface area (Å²) in [6.07, 6.45) is 2.31. The van der Waals surface area contributed by atoms with Gasteiger partial charge in [0, 0.05) is 29.4 Å². The van der Waals surface area contributed by atoms with Crippen LogP contribution in [0.25, 0.3) is 0 Å². The SMILES string of the molecule is CCOCCC(O)Cc1ccc(CC)s1. The van der Waals surface area contributed by atoms with Crippen LogP contribution >= 0.6 is 11.3 Å². The molecule has 0 fully saturated rings. The van der Waals surface area contributed by atoms with Crippen LogP contribution in [0, 0.1) is 0 Å². The molecule has 0 bridgehead atoms. The quantitative estimate of drug-likeness (QED) is 0.727. The maximum Gasteiger partial charge on any atom is 0.0610 e. The second-order valence-corrected chi connectivity index (χ2v) is 4.82. The molecule has 86 valence electrons. The van der Waals surface area contributed by atoms with Gasteiger partial charge in [-0.2, -0.15) is 0 Å². The maximum absolute atomic E-state index is 9.74. The van der Waals surface area contributed by atoms with Crippen molar-refractivity contribution in [3.63, 3.8) is 0 Å². The molecule has 1 aromatic heterocycles. The van der Waals surface area contributed by atoms with E-state index in [1.165, 1.54) is 9.75 Å². The molecular weight excluding hydrogens is 208 g/mol. The van der Waals surface area contributed by atoms with Crippen molar-refractivity contribution in [1.29, 1.82) is 0 Å². The van der Waals surface area contributed by atoms with Crippen LogP contribution in [0.1, 0.15) is 30.0 Å². The Morgan fingerprint density at radius 2 is 2.07 bits per heavy atom. The van der Waals surface area contributed by atoms with E-state index in [9.17, 15) is 5.11 Å². The van der Waals surface area contributed by atoms with Gasteiger partial charge < -0.3 is 9.84 Å². The van der Waals surface area contributed by atoms with Gasteiger partial charge in [0.15, 0.2) is 0 Å². The highest BCUT2D eigenvalue weighted by Gasteiger charge is 2.07. The number of aliphatic hydroxyl groups excluding tert-OH is 1. The summed E-state index contributed by atoms with van der Waals surface area (Å²) in [6, 6.07) is 4.27. The van der Waals surface area contributed by atoms with Crippen molar-refractivity contribution < 1.29 is 9.84 Å². The Morgan fingerprint density at radius 1 is 1.33 bits per heavy atom. The van der Waals surface area contributed by atoms with E-state index in [-0.39, 0.29) is 6.10 Å². The summed E-state index contributed by atoms with van der Waals surface area (Å²) in [5.74, 6) is 0. The van der Waals surface area contributed by atoms with Crippen LogP contribution in [-0.4, -0.2) is 24.4 Å². The van der Waals surface area contributed by atoms with Gasteiger partial charge in [-0.05, 0) is 31.9 Å². The minimum absolute atomic E-state index is 0.264. The maximum atomic E-state index is 9.74. The number of aryl methyl sites for hydroxylation is 1. The van der Waals surface area contributed by atoms with Crippen molar-refractivity contribution in [1.82, 2.24) is 0 Å². The summed E-state index contributed by atoms with van der Waals surface area (Å²) in [6.45, 7) is 5.51. The molecular formula is C12H20O2S. The molecule has 0 aliphatic carbocycles. The van der Waals surface area contributed by atoms with Crippen LogP contribution in [0.3, 0.4) is 0 Å². The van der Waals surface area contributed by atoms with Crippen molar-refractivity contribution in [2.45, 2.75) is 39.2 Å². The van der Waals surface area contributed by atoms with Crippen molar-refractivity contribution in [3.8, 4) is 0 Å². The Labute approximate surface area is 95.9 Å². The Hall–Kier alpha value is -0.380. The van der Waals surface area contributed by atoms with E-state index in [1.807, 2.05) is 6.92 Å². The molecule has 0 spiro atoms. The summed E-state index contributed by atoms with van der Waals surface area (Å²) < 4.78 is 5.21. The second-order valence-electron chi connectivity index (χ2n) is 3.57. The molecule has 1 atom stereocenters. The van der Waals surface area contributed by atoms with Gasteiger partial charge in [-0.3, -0.25) is 0 Å². The highest BCUT2D eigenvalue weighted by molar-refractivity contribution is 7.11. The van der Waals surface area contributed by atoms with Crippen LogP contribution in [-0.2, 0) is 17.6 Å². The zero-order chi connectivity index (χ0) is 11.1. The molecule has 15 heavy (non-hydrogen) atoms. The summed E-state index contributed by atoms with van der Waals surface area (Å²) in [5, 5.41) is 9.74. The first-order valence-electron chi connectivity index (χ1n) is 5.59. The predicted octanol–water partition coefficient (Wildman–Crippen LogP) is 2.64. The molecule has 1 aromatic rings. The summed E-state index contributed by atoms with van der Waals surface area (Å²) in [7, 11) is 0. The molecule has 1 rings (SSSR count). The number of hydrogen-bond acceptors (Lipinski definition) is 3. The third-order valence-corrected chi connectivity index (χ3v) is 3.55. The van der Waals surface area contributed by atoms with E-state index in [1.54, 1.807) is 11.3 Å². The molecule has 1 unspecified atom stereocenters. The average molecular weight is 228 g/mol. The molecule has 0 aliphatic heterocycles. The second kappa shape index (κ2) is 6.99. The fourth-order valence-corrected chi connectivity index (χ4v) is 2.45. The lowest BCUT2D eigenvalue weighted by atomic mass is 10.2. The third kappa shape index (κ3) is 4.78. The first-order chi connectivity index (χ1) is 7.26. The number of aliphatic hydroxyl groups is 1. The Morgan fingerprint density at radius 3 is 2.67 bits per heavy atom. The van der Waals surface area contributed by atoms with Gasteiger partial charge >= 0.3 is 0 Å². The van der Waals surface area contributed by atoms with Gasteiger partial charge in [-0.15, -0.1) is 11.3 Å². The molecule has 3 heteroatoms. The Kier molecular flexibility index (Phi) is 5.91. The lowest BCUT2D eigenvalue weighted by Crippen LogP contribution is -2.12. The van der Waals surface area contributed by atoms with E-state index in [0.29, 0.717) is 6.61 Å². The van der Waals surface area contributed by atoms with Gasteiger partial charge in [0.05, 0.1) is 6.10 Å². The number of ether oxygens (including phenoxy) is 1. The number of thiophene rings is 1. The van der Waals surface area contributed by atoms with Gasteiger partial charge in [0.1, 0.15) is 0 Å². The molecule has 0 aromatic carbocycles. The third-order valence-electron chi connectivity index (χ3n) is 2.30. The van der Waals surface area contributed by atoms with Crippen molar-refractivity contribution >= 4 is 11.3 Å². The van der Waals surface area contributed by atoms with Crippen LogP contribution < -0.4 is 0 Å². The Bertz CT molecular complexity index is 270. The Balaban J connectivity index is 2.27. The molecule has 0 aliphatic rings. The molecule has 0 saturated carbocycles. The molecule has 0 radical (unpaired) electrons. The molecule has 1 heterocycles. The minimum Gasteiger partial charge on any atom is -0.393 e. The largest absolute Gasteiger partial charge is 0.393 e. The average Bonchev–Trinajstić information content (AvgIpc) is 2.66. The van der Waals surface area contributed by atoms with E-state index in [0.717, 1.165) is 25.9 Å². The lowest BCUT2D eigenvalue weighted by Gasteiger charge is -2.08.